The number of amides is 1. The van der Waals surface area contributed by atoms with E-state index in [1.165, 1.54) is 0 Å². The quantitative estimate of drug-likeness (QED) is 0.531. The van der Waals surface area contributed by atoms with Crippen molar-refractivity contribution < 1.29 is 9.90 Å². The van der Waals surface area contributed by atoms with Gasteiger partial charge in [0.25, 0.3) is 5.56 Å². The highest BCUT2D eigenvalue weighted by Crippen LogP contribution is 2.25. The Hall–Kier alpha value is -2.34. The van der Waals surface area contributed by atoms with Gasteiger partial charge in [-0.3, -0.25) is 9.59 Å². The van der Waals surface area contributed by atoms with Crippen LogP contribution in [0.5, 0.6) is 0 Å². The summed E-state index contributed by atoms with van der Waals surface area (Å²) in [6.45, 7) is 4.00. The van der Waals surface area contributed by atoms with Gasteiger partial charge in [-0.25, -0.2) is 0 Å². The molecule has 0 aliphatic carbocycles. The van der Waals surface area contributed by atoms with E-state index in [-0.39, 0.29) is 30.5 Å². The first-order valence-corrected chi connectivity index (χ1v) is 10.5. The molecule has 0 saturated carbocycles. The maximum atomic E-state index is 13.0. The molecule has 1 amide bonds. The third-order valence-electron chi connectivity index (χ3n) is 4.94. The summed E-state index contributed by atoms with van der Waals surface area (Å²) >= 11 is 11.9. The van der Waals surface area contributed by atoms with Gasteiger partial charge < -0.3 is 15.0 Å². The number of aromatic nitrogens is 1. The largest absolute Gasteiger partial charge is 0.394 e. The zero-order valence-corrected chi connectivity index (χ0v) is 18.4. The molecule has 1 heterocycles. The smallest absolute Gasteiger partial charge is 0.258 e. The lowest BCUT2D eigenvalue weighted by Gasteiger charge is -2.20. The first-order chi connectivity index (χ1) is 14.3. The van der Waals surface area contributed by atoms with Crippen molar-refractivity contribution in [2.45, 2.75) is 32.7 Å². The van der Waals surface area contributed by atoms with Crippen LogP contribution in [0, 0.1) is 5.92 Å². The van der Waals surface area contributed by atoms with E-state index < -0.39 is 0 Å². The minimum Gasteiger partial charge on any atom is -0.394 e. The van der Waals surface area contributed by atoms with Crippen LogP contribution in [0.1, 0.15) is 31.9 Å². The Labute approximate surface area is 185 Å². The number of fused-ring (bicyclic) bond motifs is 1. The fraction of sp³-hybridized carbons (Fsp3) is 0.304. The Kier molecular flexibility index (Phi) is 7.19. The summed E-state index contributed by atoms with van der Waals surface area (Å²) in [4.78, 5) is 25.6. The first kappa shape index (κ1) is 22.3. The number of carbonyl (C=O) groups is 1. The summed E-state index contributed by atoms with van der Waals surface area (Å²) in [5, 5.41) is 14.6. The van der Waals surface area contributed by atoms with E-state index >= 15 is 0 Å². The van der Waals surface area contributed by atoms with E-state index in [0.29, 0.717) is 38.8 Å². The average Bonchev–Trinajstić information content (AvgIpc) is 2.70. The van der Waals surface area contributed by atoms with E-state index in [1.54, 1.807) is 53.2 Å². The van der Waals surface area contributed by atoms with Crippen molar-refractivity contribution in [1.82, 2.24) is 4.57 Å². The normalized spacial score (nSPS) is 12.3. The lowest BCUT2D eigenvalue weighted by atomic mass is 10.0. The van der Waals surface area contributed by atoms with Crippen LogP contribution >= 0.6 is 23.2 Å². The molecular weight excluding hydrogens is 423 g/mol. The Bertz CT molecular complexity index is 1130. The van der Waals surface area contributed by atoms with Crippen molar-refractivity contribution in [3.05, 3.63) is 74.6 Å². The Morgan fingerprint density at radius 1 is 1.10 bits per heavy atom. The first-order valence-electron chi connectivity index (χ1n) is 9.78. The zero-order chi connectivity index (χ0) is 21.8. The van der Waals surface area contributed by atoms with E-state index in [9.17, 15) is 14.7 Å². The van der Waals surface area contributed by atoms with Gasteiger partial charge in [0.05, 0.1) is 29.1 Å². The van der Waals surface area contributed by atoms with Gasteiger partial charge >= 0.3 is 0 Å². The van der Waals surface area contributed by atoms with Crippen LogP contribution in [0.25, 0.3) is 10.8 Å². The van der Waals surface area contributed by atoms with Crippen molar-refractivity contribution in [2.75, 3.05) is 11.9 Å². The Balaban J connectivity index is 1.88. The van der Waals surface area contributed by atoms with E-state index in [2.05, 4.69) is 19.2 Å². The Morgan fingerprint density at radius 3 is 2.53 bits per heavy atom. The molecule has 7 heteroatoms. The zero-order valence-electron chi connectivity index (χ0n) is 16.9. The fourth-order valence-electron chi connectivity index (χ4n) is 3.54. The number of hydrogen-bond acceptors (Lipinski definition) is 3. The van der Waals surface area contributed by atoms with Crippen molar-refractivity contribution in [1.29, 1.82) is 0 Å². The van der Waals surface area contributed by atoms with Crippen LogP contribution in [0.2, 0.25) is 10.0 Å². The maximum Gasteiger partial charge on any atom is 0.258 e. The van der Waals surface area contributed by atoms with Gasteiger partial charge in [0.15, 0.2) is 0 Å². The van der Waals surface area contributed by atoms with Crippen molar-refractivity contribution >= 4 is 45.6 Å². The van der Waals surface area contributed by atoms with Gasteiger partial charge in [0, 0.05) is 22.7 Å². The molecule has 30 heavy (non-hydrogen) atoms. The number of hydrogen-bond donors (Lipinski definition) is 2. The third-order valence-corrected chi connectivity index (χ3v) is 5.68. The minimum atomic E-state index is -0.283. The SMILES string of the molecule is CC(C)CC(CO)n1ccc2c(NC(=O)Cc3ccc(Cl)c(Cl)c3)cccc2c1=O. The number of anilines is 1. The molecule has 0 bridgehead atoms. The molecule has 1 aromatic heterocycles. The maximum absolute atomic E-state index is 13.0. The van der Waals surface area contributed by atoms with Crippen LogP contribution < -0.4 is 10.9 Å². The van der Waals surface area contributed by atoms with Gasteiger partial charge in [-0.05, 0) is 48.2 Å². The highest BCUT2D eigenvalue weighted by molar-refractivity contribution is 6.42. The van der Waals surface area contributed by atoms with E-state index in [0.717, 1.165) is 5.56 Å². The molecule has 2 N–H and O–H groups in total. The summed E-state index contributed by atoms with van der Waals surface area (Å²) < 4.78 is 1.57. The van der Waals surface area contributed by atoms with Gasteiger partial charge in [-0.15, -0.1) is 0 Å². The number of benzene rings is 2. The lowest BCUT2D eigenvalue weighted by Crippen LogP contribution is -2.27. The molecule has 1 unspecified atom stereocenters. The second kappa shape index (κ2) is 9.65. The molecule has 0 aliphatic heterocycles. The summed E-state index contributed by atoms with van der Waals surface area (Å²) in [5.74, 6) is 0.120. The molecular formula is C23H24Cl2N2O3. The van der Waals surface area contributed by atoms with Crippen LogP contribution in [0.4, 0.5) is 5.69 Å². The summed E-state index contributed by atoms with van der Waals surface area (Å²) in [7, 11) is 0. The molecule has 0 radical (unpaired) electrons. The highest BCUT2D eigenvalue weighted by atomic mass is 35.5. The molecule has 158 valence electrons. The van der Waals surface area contributed by atoms with E-state index in [4.69, 9.17) is 23.2 Å². The molecule has 5 nitrogen and oxygen atoms in total. The predicted molar refractivity (Wildman–Crippen MR) is 123 cm³/mol. The molecule has 1 atom stereocenters. The standard InChI is InChI=1S/C23H24Cl2N2O3/c1-14(2)10-16(13-28)27-9-8-17-18(23(27)30)4-3-5-21(17)26-22(29)12-15-6-7-19(24)20(25)11-15/h3-9,11,14,16,28H,10,12-13H2,1-2H3,(H,26,29). The number of aliphatic hydroxyl groups excluding tert-OH is 1. The topological polar surface area (TPSA) is 71.3 Å². The number of pyridine rings is 1. The van der Waals surface area contributed by atoms with Gasteiger partial charge in [0.2, 0.25) is 5.91 Å². The van der Waals surface area contributed by atoms with Crippen LogP contribution in [-0.4, -0.2) is 22.2 Å². The second-order valence-electron chi connectivity index (χ2n) is 7.73. The molecule has 0 aliphatic rings. The molecule has 0 fully saturated rings. The number of nitrogens with zero attached hydrogens (tertiary/aromatic N) is 1. The molecule has 0 spiro atoms. The number of nitrogens with one attached hydrogen (secondary N) is 1. The fourth-order valence-corrected chi connectivity index (χ4v) is 3.86. The molecule has 2 aromatic carbocycles. The Morgan fingerprint density at radius 2 is 1.87 bits per heavy atom. The second-order valence-corrected chi connectivity index (χ2v) is 8.55. The van der Waals surface area contributed by atoms with Crippen LogP contribution in [0.3, 0.4) is 0 Å². The summed E-state index contributed by atoms with van der Waals surface area (Å²) in [6, 6.07) is 11.8. The summed E-state index contributed by atoms with van der Waals surface area (Å²) in [5.41, 5.74) is 1.11. The van der Waals surface area contributed by atoms with Crippen LogP contribution in [-0.2, 0) is 11.2 Å². The number of aliphatic hydroxyl groups is 1. The lowest BCUT2D eigenvalue weighted by molar-refractivity contribution is -0.115. The molecule has 3 aromatic rings. The average molecular weight is 447 g/mol. The highest BCUT2D eigenvalue weighted by Gasteiger charge is 2.16. The van der Waals surface area contributed by atoms with Crippen molar-refractivity contribution in [2.24, 2.45) is 5.92 Å². The van der Waals surface area contributed by atoms with Crippen molar-refractivity contribution in [3.63, 3.8) is 0 Å². The molecule has 3 rings (SSSR count). The number of rotatable bonds is 7. The minimum absolute atomic E-state index is 0.107. The van der Waals surface area contributed by atoms with Crippen LogP contribution in [0.15, 0.2) is 53.5 Å². The van der Waals surface area contributed by atoms with Gasteiger partial charge in [-0.2, -0.15) is 0 Å². The summed E-state index contributed by atoms with van der Waals surface area (Å²) in [6.07, 6.45) is 2.51. The van der Waals surface area contributed by atoms with Gasteiger partial charge in [-0.1, -0.05) is 49.2 Å². The number of carbonyl (C=O) groups excluding carboxylic acids is 1. The monoisotopic (exact) mass is 446 g/mol. The van der Waals surface area contributed by atoms with Crippen molar-refractivity contribution in [3.8, 4) is 0 Å². The van der Waals surface area contributed by atoms with Gasteiger partial charge in [0.1, 0.15) is 0 Å². The van der Waals surface area contributed by atoms with E-state index in [1.807, 2.05) is 0 Å². The molecule has 0 saturated heterocycles. The predicted octanol–water partition coefficient (Wildman–Crippen LogP) is 5.07. The number of halogens is 2. The third kappa shape index (κ3) is 5.04.